The van der Waals surface area contributed by atoms with E-state index in [4.69, 9.17) is 10.6 Å². The molecule has 14 heavy (non-hydrogen) atoms. The molecule has 1 aromatic rings. The number of rotatable bonds is 5. The van der Waals surface area contributed by atoms with Gasteiger partial charge >= 0.3 is 0 Å². The quantitative estimate of drug-likeness (QED) is 0.729. The van der Waals surface area contributed by atoms with Gasteiger partial charge in [0, 0.05) is 7.11 Å². The molecule has 0 bridgehead atoms. The Morgan fingerprint density at radius 1 is 1.43 bits per heavy atom. The van der Waals surface area contributed by atoms with E-state index in [9.17, 15) is 0 Å². The SMILES string of the molecule is COC(C)c1cccc(CCON)c1. The Kier molecular flexibility index (Phi) is 4.59. The Hall–Kier alpha value is -0.900. The summed E-state index contributed by atoms with van der Waals surface area (Å²) in [5.41, 5.74) is 2.40. The van der Waals surface area contributed by atoms with Crippen LogP contribution in [0.25, 0.3) is 0 Å². The van der Waals surface area contributed by atoms with Gasteiger partial charge in [-0.05, 0) is 24.5 Å². The molecule has 1 aromatic carbocycles. The Morgan fingerprint density at radius 2 is 2.21 bits per heavy atom. The van der Waals surface area contributed by atoms with Crippen LogP contribution >= 0.6 is 0 Å². The fraction of sp³-hybridized carbons (Fsp3) is 0.455. The first kappa shape index (κ1) is 11.2. The Labute approximate surface area is 84.8 Å². The standard InChI is InChI=1S/C11H17NO2/c1-9(13-2)11-5-3-4-10(8-11)6-7-14-12/h3-5,8-9H,6-7,12H2,1-2H3. The lowest BCUT2D eigenvalue weighted by atomic mass is 10.1. The molecule has 0 aliphatic rings. The van der Waals surface area contributed by atoms with Gasteiger partial charge in [-0.2, -0.15) is 0 Å². The molecule has 0 spiro atoms. The highest BCUT2D eigenvalue weighted by molar-refractivity contribution is 5.25. The van der Waals surface area contributed by atoms with Crippen LogP contribution in [0.3, 0.4) is 0 Å². The maximum absolute atomic E-state index is 5.24. The third-order valence-corrected chi connectivity index (χ3v) is 2.28. The van der Waals surface area contributed by atoms with Crippen LogP contribution in [0, 0.1) is 0 Å². The van der Waals surface area contributed by atoms with E-state index in [1.807, 2.05) is 13.0 Å². The summed E-state index contributed by atoms with van der Waals surface area (Å²) >= 11 is 0. The molecule has 0 aliphatic heterocycles. The summed E-state index contributed by atoms with van der Waals surface area (Å²) in [5, 5.41) is 0. The van der Waals surface area contributed by atoms with Crippen LogP contribution < -0.4 is 5.90 Å². The maximum atomic E-state index is 5.24. The molecule has 0 saturated carbocycles. The summed E-state index contributed by atoms with van der Waals surface area (Å²) in [5.74, 6) is 4.98. The molecule has 1 unspecified atom stereocenters. The monoisotopic (exact) mass is 195 g/mol. The smallest absolute Gasteiger partial charge is 0.0793 e. The minimum absolute atomic E-state index is 0.133. The lowest BCUT2D eigenvalue weighted by Crippen LogP contribution is -2.04. The van der Waals surface area contributed by atoms with Gasteiger partial charge in [0.15, 0.2) is 0 Å². The van der Waals surface area contributed by atoms with E-state index in [1.165, 1.54) is 11.1 Å². The summed E-state index contributed by atoms with van der Waals surface area (Å²) in [6.07, 6.45) is 0.967. The van der Waals surface area contributed by atoms with Gasteiger partial charge in [0.2, 0.25) is 0 Å². The van der Waals surface area contributed by atoms with E-state index in [2.05, 4.69) is 23.0 Å². The highest BCUT2D eigenvalue weighted by atomic mass is 16.6. The van der Waals surface area contributed by atoms with Crippen molar-refractivity contribution < 1.29 is 9.57 Å². The molecule has 1 atom stereocenters. The van der Waals surface area contributed by atoms with Crippen LogP contribution in [0.5, 0.6) is 0 Å². The van der Waals surface area contributed by atoms with Gasteiger partial charge < -0.3 is 9.57 Å². The molecule has 3 nitrogen and oxygen atoms in total. The molecule has 0 aromatic heterocycles. The summed E-state index contributed by atoms with van der Waals surface area (Å²) < 4.78 is 5.24. The number of hydrogen-bond donors (Lipinski definition) is 1. The molecular weight excluding hydrogens is 178 g/mol. The Balaban J connectivity index is 2.68. The normalized spacial score (nSPS) is 12.8. The fourth-order valence-corrected chi connectivity index (χ4v) is 1.31. The van der Waals surface area contributed by atoms with Crippen molar-refractivity contribution in [3.05, 3.63) is 35.4 Å². The van der Waals surface area contributed by atoms with E-state index >= 15 is 0 Å². The van der Waals surface area contributed by atoms with Gasteiger partial charge in [-0.25, -0.2) is 5.90 Å². The van der Waals surface area contributed by atoms with Gasteiger partial charge in [-0.3, -0.25) is 0 Å². The average molecular weight is 195 g/mol. The molecule has 0 amide bonds. The first-order chi connectivity index (χ1) is 6.77. The Bertz CT molecular complexity index is 276. The van der Waals surface area contributed by atoms with Crippen molar-refractivity contribution in [3.63, 3.8) is 0 Å². The van der Waals surface area contributed by atoms with Crippen molar-refractivity contribution in [2.45, 2.75) is 19.4 Å². The van der Waals surface area contributed by atoms with Crippen LogP contribution in [0.1, 0.15) is 24.2 Å². The highest BCUT2D eigenvalue weighted by Gasteiger charge is 2.03. The number of hydrogen-bond acceptors (Lipinski definition) is 3. The first-order valence-corrected chi connectivity index (χ1v) is 4.71. The first-order valence-electron chi connectivity index (χ1n) is 4.71. The molecule has 78 valence electrons. The van der Waals surface area contributed by atoms with Crippen molar-refractivity contribution in [1.29, 1.82) is 0 Å². The lowest BCUT2D eigenvalue weighted by molar-refractivity contribution is 0.119. The molecular formula is C11H17NO2. The van der Waals surface area contributed by atoms with Crippen molar-refractivity contribution in [3.8, 4) is 0 Å². The van der Waals surface area contributed by atoms with E-state index < -0.39 is 0 Å². The summed E-state index contributed by atoms with van der Waals surface area (Å²) in [7, 11) is 1.71. The summed E-state index contributed by atoms with van der Waals surface area (Å²) in [6.45, 7) is 2.57. The third-order valence-electron chi connectivity index (χ3n) is 2.28. The third kappa shape index (κ3) is 3.10. The predicted molar refractivity (Wildman–Crippen MR) is 55.7 cm³/mol. The van der Waals surface area contributed by atoms with E-state index in [-0.39, 0.29) is 6.10 Å². The van der Waals surface area contributed by atoms with Crippen molar-refractivity contribution in [2.24, 2.45) is 5.90 Å². The summed E-state index contributed by atoms with van der Waals surface area (Å²) in [4.78, 5) is 4.54. The number of ether oxygens (including phenoxy) is 1. The minimum atomic E-state index is 0.133. The molecule has 0 saturated heterocycles. The largest absolute Gasteiger partial charge is 0.377 e. The van der Waals surface area contributed by atoms with Gasteiger partial charge in [-0.15, -0.1) is 0 Å². The second kappa shape index (κ2) is 5.75. The molecule has 0 aliphatic carbocycles. The number of methoxy groups -OCH3 is 1. The zero-order valence-corrected chi connectivity index (χ0v) is 8.69. The fourth-order valence-electron chi connectivity index (χ4n) is 1.31. The van der Waals surface area contributed by atoms with Gasteiger partial charge in [0.05, 0.1) is 12.7 Å². The molecule has 0 fully saturated rings. The van der Waals surface area contributed by atoms with E-state index in [0.717, 1.165) is 6.42 Å². The average Bonchev–Trinajstić information content (AvgIpc) is 2.25. The zero-order chi connectivity index (χ0) is 10.4. The summed E-state index contributed by atoms with van der Waals surface area (Å²) in [6, 6.07) is 8.26. The number of benzene rings is 1. The zero-order valence-electron chi connectivity index (χ0n) is 8.69. The second-order valence-electron chi connectivity index (χ2n) is 3.24. The van der Waals surface area contributed by atoms with E-state index in [1.54, 1.807) is 7.11 Å². The molecule has 0 heterocycles. The van der Waals surface area contributed by atoms with Crippen molar-refractivity contribution in [2.75, 3.05) is 13.7 Å². The van der Waals surface area contributed by atoms with Crippen LogP contribution in [0.2, 0.25) is 0 Å². The molecule has 0 radical (unpaired) electrons. The topological polar surface area (TPSA) is 44.5 Å². The lowest BCUT2D eigenvalue weighted by Gasteiger charge is -2.10. The van der Waals surface area contributed by atoms with Gasteiger partial charge in [0.1, 0.15) is 0 Å². The Morgan fingerprint density at radius 3 is 2.86 bits per heavy atom. The molecule has 2 N–H and O–H groups in total. The van der Waals surface area contributed by atoms with Crippen molar-refractivity contribution >= 4 is 0 Å². The van der Waals surface area contributed by atoms with Crippen LogP contribution in [0.4, 0.5) is 0 Å². The molecule has 1 rings (SSSR count). The van der Waals surface area contributed by atoms with Crippen LogP contribution in [-0.2, 0) is 16.0 Å². The molecule has 3 heteroatoms. The van der Waals surface area contributed by atoms with Gasteiger partial charge in [-0.1, -0.05) is 24.3 Å². The van der Waals surface area contributed by atoms with Gasteiger partial charge in [0.25, 0.3) is 0 Å². The minimum Gasteiger partial charge on any atom is -0.377 e. The predicted octanol–water partition coefficient (Wildman–Crippen LogP) is 1.83. The highest BCUT2D eigenvalue weighted by Crippen LogP contribution is 2.17. The number of nitrogens with two attached hydrogens (primary N) is 1. The van der Waals surface area contributed by atoms with E-state index in [0.29, 0.717) is 6.61 Å². The second-order valence-corrected chi connectivity index (χ2v) is 3.24. The van der Waals surface area contributed by atoms with Crippen LogP contribution in [-0.4, -0.2) is 13.7 Å². The van der Waals surface area contributed by atoms with Crippen molar-refractivity contribution in [1.82, 2.24) is 0 Å². The van der Waals surface area contributed by atoms with Crippen LogP contribution in [0.15, 0.2) is 24.3 Å². The maximum Gasteiger partial charge on any atom is 0.0793 e.